The molecule has 1 N–H and O–H groups in total. The van der Waals surface area contributed by atoms with E-state index in [9.17, 15) is 20.2 Å². The van der Waals surface area contributed by atoms with Crippen molar-refractivity contribution in [2.75, 3.05) is 14.2 Å². The van der Waals surface area contributed by atoms with Crippen molar-refractivity contribution in [1.29, 1.82) is 0 Å². The summed E-state index contributed by atoms with van der Waals surface area (Å²) in [4.78, 5) is 20.1. The molecule has 0 spiro atoms. The van der Waals surface area contributed by atoms with Crippen molar-refractivity contribution in [3.63, 3.8) is 0 Å². The Bertz CT molecular complexity index is 500. The lowest BCUT2D eigenvalue weighted by molar-refractivity contribution is -0.391. The molecule has 0 amide bonds. The number of hydrogen-bond donors (Lipinski definition) is 1. The maximum Gasteiger partial charge on any atom is 0.320 e. The molecule has 0 radical (unpaired) electrons. The fourth-order valence-corrected chi connectivity index (χ4v) is 1.51. The van der Waals surface area contributed by atoms with Gasteiger partial charge >= 0.3 is 11.4 Å². The summed E-state index contributed by atoms with van der Waals surface area (Å²) in [6.45, 7) is -0.725. The van der Waals surface area contributed by atoms with Crippen LogP contribution in [0.25, 0.3) is 0 Å². The van der Waals surface area contributed by atoms with Gasteiger partial charge in [-0.05, 0) is 0 Å². The summed E-state index contributed by atoms with van der Waals surface area (Å²) in [6.07, 6.45) is 0. The minimum atomic E-state index is -0.795. The van der Waals surface area contributed by atoms with Crippen LogP contribution in [0.3, 0.4) is 0 Å². The summed E-state index contributed by atoms with van der Waals surface area (Å²) < 4.78 is 9.55. The number of nitrogens with zero attached hydrogens (tertiary/aromatic N) is 2. The smallest absolute Gasteiger partial charge is 0.320 e. The maximum atomic E-state index is 10.9. The van der Waals surface area contributed by atoms with Crippen molar-refractivity contribution in [2.45, 2.75) is 6.61 Å². The number of methoxy groups -OCH3 is 2. The molecule has 0 aromatic heterocycles. The van der Waals surface area contributed by atoms with Crippen LogP contribution in [0.15, 0.2) is 6.07 Å². The van der Waals surface area contributed by atoms with Gasteiger partial charge in [0.1, 0.15) is 0 Å². The normalized spacial score (nSPS) is 9.94. The molecule has 98 valence electrons. The fourth-order valence-electron chi connectivity index (χ4n) is 1.51. The van der Waals surface area contributed by atoms with Crippen molar-refractivity contribution in [1.82, 2.24) is 0 Å². The van der Waals surface area contributed by atoms with Crippen LogP contribution in [0, 0.1) is 20.2 Å². The van der Waals surface area contributed by atoms with Crippen LogP contribution in [-0.4, -0.2) is 29.2 Å². The van der Waals surface area contributed by atoms with Gasteiger partial charge in [-0.3, -0.25) is 20.2 Å². The zero-order valence-electron chi connectivity index (χ0n) is 9.58. The van der Waals surface area contributed by atoms with E-state index in [4.69, 9.17) is 14.6 Å². The lowest BCUT2D eigenvalue weighted by Crippen LogP contribution is -2.04. The number of nitro benzene ring substituents is 2. The second kappa shape index (κ2) is 5.27. The Morgan fingerprint density at radius 2 is 1.72 bits per heavy atom. The molecule has 0 atom stereocenters. The first kappa shape index (κ1) is 13.6. The highest BCUT2D eigenvalue weighted by molar-refractivity contribution is 5.69. The van der Waals surface area contributed by atoms with Gasteiger partial charge in [0.2, 0.25) is 11.5 Å². The SMILES string of the molecule is COc1c([N+](=O)[O-])cc(CO)c([N+](=O)[O-])c1OC. The predicted octanol–water partition coefficient (Wildman–Crippen LogP) is 1.01. The highest BCUT2D eigenvalue weighted by atomic mass is 16.6. The third-order valence-corrected chi connectivity index (χ3v) is 2.23. The number of rotatable bonds is 5. The number of nitro groups is 2. The van der Waals surface area contributed by atoms with Crippen LogP contribution >= 0.6 is 0 Å². The number of aliphatic hydroxyl groups is 1. The monoisotopic (exact) mass is 258 g/mol. The second-order valence-corrected chi connectivity index (χ2v) is 3.14. The Hall–Kier alpha value is -2.42. The van der Waals surface area contributed by atoms with E-state index in [2.05, 4.69) is 0 Å². The lowest BCUT2D eigenvalue weighted by Gasteiger charge is -2.10. The molecule has 0 saturated carbocycles. The molecule has 9 heteroatoms. The molecule has 9 nitrogen and oxygen atoms in total. The Balaban J connectivity index is 3.73. The minimum Gasteiger partial charge on any atom is -0.487 e. The molecular formula is C9H10N2O7. The van der Waals surface area contributed by atoms with Gasteiger partial charge < -0.3 is 14.6 Å². The fraction of sp³-hybridized carbons (Fsp3) is 0.333. The molecule has 0 aliphatic heterocycles. The van der Waals surface area contributed by atoms with Gasteiger partial charge in [0.15, 0.2) is 0 Å². The van der Waals surface area contributed by atoms with E-state index in [-0.39, 0.29) is 17.1 Å². The number of aliphatic hydroxyl groups excluding tert-OH is 1. The van der Waals surface area contributed by atoms with E-state index in [1.807, 2.05) is 0 Å². The largest absolute Gasteiger partial charge is 0.487 e. The first-order valence-electron chi connectivity index (χ1n) is 4.65. The van der Waals surface area contributed by atoms with Gasteiger partial charge in [0, 0.05) is 6.07 Å². The van der Waals surface area contributed by atoms with Crippen molar-refractivity contribution < 1.29 is 24.4 Å². The molecule has 1 aromatic carbocycles. The lowest BCUT2D eigenvalue weighted by atomic mass is 10.1. The van der Waals surface area contributed by atoms with Gasteiger partial charge in [-0.1, -0.05) is 0 Å². The number of benzene rings is 1. The van der Waals surface area contributed by atoms with Crippen LogP contribution in [0.2, 0.25) is 0 Å². The number of ether oxygens (including phenoxy) is 2. The van der Waals surface area contributed by atoms with Crippen LogP contribution in [-0.2, 0) is 6.61 Å². The molecule has 0 fully saturated rings. The maximum absolute atomic E-state index is 10.9. The summed E-state index contributed by atoms with van der Waals surface area (Å²) in [5.41, 5.74) is -1.28. The number of hydrogen-bond acceptors (Lipinski definition) is 7. The van der Waals surface area contributed by atoms with Crippen molar-refractivity contribution in [3.05, 3.63) is 31.9 Å². The van der Waals surface area contributed by atoms with E-state index in [1.165, 1.54) is 0 Å². The van der Waals surface area contributed by atoms with Crippen molar-refractivity contribution in [2.24, 2.45) is 0 Å². The van der Waals surface area contributed by atoms with E-state index in [0.717, 1.165) is 20.3 Å². The Morgan fingerprint density at radius 3 is 2.06 bits per heavy atom. The highest BCUT2D eigenvalue weighted by Gasteiger charge is 2.32. The summed E-state index contributed by atoms with van der Waals surface area (Å²) in [6, 6.07) is 0.888. The molecule has 1 rings (SSSR count). The highest BCUT2D eigenvalue weighted by Crippen LogP contribution is 2.45. The van der Waals surface area contributed by atoms with Crippen LogP contribution in [0.5, 0.6) is 11.5 Å². The molecule has 0 saturated heterocycles. The van der Waals surface area contributed by atoms with E-state index >= 15 is 0 Å². The second-order valence-electron chi connectivity index (χ2n) is 3.14. The van der Waals surface area contributed by atoms with E-state index in [1.54, 1.807) is 0 Å². The molecule has 0 aliphatic carbocycles. The Kier molecular flexibility index (Phi) is 4.00. The summed E-state index contributed by atoms with van der Waals surface area (Å²) in [5.74, 6) is -0.743. The summed E-state index contributed by atoms with van der Waals surface area (Å²) in [7, 11) is 2.25. The molecule has 0 bridgehead atoms. The first-order valence-corrected chi connectivity index (χ1v) is 4.65. The topological polar surface area (TPSA) is 125 Å². The predicted molar refractivity (Wildman–Crippen MR) is 58.8 cm³/mol. The quantitative estimate of drug-likeness (QED) is 0.617. The summed E-state index contributed by atoms with van der Waals surface area (Å²) in [5, 5.41) is 30.7. The van der Waals surface area contributed by atoms with E-state index in [0.29, 0.717) is 0 Å². The van der Waals surface area contributed by atoms with Gasteiger partial charge in [0.25, 0.3) is 0 Å². The van der Waals surface area contributed by atoms with Crippen LogP contribution in [0.4, 0.5) is 11.4 Å². The summed E-state index contributed by atoms with van der Waals surface area (Å²) >= 11 is 0. The standard InChI is InChI=1S/C9H10N2O7/c1-17-8-6(10(13)14)3-5(4-12)7(11(15)16)9(8)18-2/h3,12H,4H2,1-2H3. The van der Waals surface area contributed by atoms with Gasteiger partial charge in [-0.2, -0.15) is 0 Å². The molecule has 18 heavy (non-hydrogen) atoms. The third kappa shape index (κ3) is 2.15. The van der Waals surface area contributed by atoms with Gasteiger partial charge in [-0.15, -0.1) is 0 Å². The molecule has 1 aromatic rings. The van der Waals surface area contributed by atoms with Crippen molar-refractivity contribution in [3.8, 4) is 11.5 Å². The Labute approximate surface area is 101 Å². The minimum absolute atomic E-state index is 0.218. The van der Waals surface area contributed by atoms with E-state index < -0.39 is 27.8 Å². The van der Waals surface area contributed by atoms with Crippen LogP contribution < -0.4 is 9.47 Å². The molecule has 0 unspecified atom stereocenters. The average molecular weight is 258 g/mol. The average Bonchev–Trinajstić information content (AvgIpc) is 2.35. The van der Waals surface area contributed by atoms with Gasteiger partial charge in [-0.25, -0.2) is 0 Å². The first-order chi connectivity index (χ1) is 8.47. The zero-order chi connectivity index (χ0) is 13.9. The zero-order valence-corrected chi connectivity index (χ0v) is 9.58. The molecule has 0 heterocycles. The van der Waals surface area contributed by atoms with Crippen LogP contribution in [0.1, 0.15) is 5.56 Å². The van der Waals surface area contributed by atoms with Gasteiger partial charge in [0.05, 0.1) is 36.2 Å². The Morgan fingerprint density at radius 1 is 1.17 bits per heavy atom. The van der Waals surface area contributed by atoms with Crippen molar-refractivity contribution >= 4 is 11.4 Å². The molecule has 0 aliphatic rings. The molecular weight excluding hydrogens is 248 g/mol. The third-order valence-electron chi connectivity index (χ3n) is 2.23.